The molecule has 1 aliphatic rings. The summed E-state index contributed by atoms with van der Waals surface area (Å²) in [5, 5.41) is 13.2. The highest BCUT2D eigenvalue weighted by atomic mass is 16.5. The van der Waals surface area contributed by atoms with Gasteiger partial charge in [0.05, 0.1) is 12.7 Å². The molecule has 0 amide bonds. The fraction of sp³-hybridized carbons (Fsp3) is 1.00. The summed E-state index contributed by atoms with van der Waals surface area (Å²) < 4.78 is 5.40. The van der Waals surface area contributed by atoms with Crippen molar-refractivity contribution < 1.29 is 9.84 Å². The highest BCUT2D eigenvalue weighted by molar-refractivity contribution is 4.86. The SMILES string of the molecule is CCCCOCC(O)CNC1CCC(C)(C)C1. The van der Waals surface area contributed by atoms with Crippen LogP contribution in [0.25, 0.3) is 0 Å². The molecular weight excluding hydrogens is 214 g/mol. The first-order valence-electron chi connectivity index (χ1n) is 7.02. The van der Waals surface area contributed by atoms with Gasteiger partial charge in [-0.25, -0.2) is 0 Å². The minimum absolute atomic E-state index is 0.365. The molecule has 0 spiro atoms. The van der Waals surface area contributed by atoms with Gasteiger partial charge in [-0.1, -0.05) is 27.2 Å². The summed E-state index contributed by atoms with van der Waals surface area (Å²) >= 11 is 0. The molecule has 17 heavy (non-hydrogen) atoms. The smallest absolute Gasteiger partial charge is 0.0897 e. The molecule has 1 aliphatic carbocycles. The molecule has 2 unspecified atom stereocenters. The van der Waals surface area contributed by atoms with Gasteiger partial charge in [0.2, 0.25) is 0 Å². The second-order valence-corrected chi connectivity index (χ2v) is 6.09. The molecule has 1 rings (SSSR count). The lowest BCUT2D eigenvalue weighted by atomic mass is 9.92. The van der Waals surface area contributed by atoms with Gasteiger partial charge in [-0.15, -0.1) is 0 Å². The van der Waals surface area contributed by atoms with E-state index in [2.05, 4.69) is 26.1 Å². The van der Waals surface area contributed by atoms with Crippen LogP contribution >= 0.6 is 0 Å². The van der Waals surface area contributed by atoms with Crippen LogP contribution in [0.1, 0.15) is 52.9 Å². The molecular formula is C14H29NO2. The highest BCUT2D eigenvalue weighted by Crippen LogP contribution is 2.36. The molecule has 3 heteroatoms. The molecule has 1 fully saturated rings. The number of hydrogen-bond donors (Lipinski definition) is 2. The zero-order chi connectivity index (χ0) is 12.7. The highest BCUT2D eigenvalue weighted by Gasteiger charge is 2.30. The Morgan fingerprint density at radius 2 is 2.24 bits per heavy atom. The zero-order valence-electron chi connectivity index (χ0n) is 11.7. The lowest BCUT2D eigenvalue weighted by Crippen LogP contribution is -2.36. The van der Waals surface area contributed by atoms with Crippen molar-refractivity contribution in [1.82, 2.24) is 5.32 Å². The number of nitrogens with one attached hydrogen (secondary N) is 1. The third-order valence-corrected chi connectivity index (χ3v) is 3.56. The van der Waals surface area contributed by atoms with Crippen molar-refractivity contribution >= 4 is 0 Å². The monoisotopic (exact) mass is 243 g/mol. The van der Waals surface area contributed by atoms with Crippen LogP contribution in [-0.2, 0) is 4.74 Å². The van der Waals surface area contributed by atoms with E-state index in [1.165, 1.54) is 19.3 Å². The average molecular weight is 243 g/mol. The number of aliphatic hydroxyl groups is 1. The maximum Gasteiger partial charge on any atom is 0.0897 e. The van der Waals surface area contributed by atoms with E-state index in [1.54, 1.807) is 0 Å². The maximum atomic E-state index is 9.75. The van der Waals surface area contributed by atoms with E-state index in [4.69, 9.17) is 4.74 Å². The Morgan fingerprint density at radius 3 is 2.82 bits per heavy atom. The summed E-state index contributed by atoms with van der Waals surface area (Å²) in [5.41, 5.74) is 0.472. The number of unbranched alkanes of at least 4 members (excludes halogenated alkanes) is 1. The lowest BCUT2D eigenvalue weighted by molar-refractivity contribution is 0.0345. The normalized spacial score (nSPS) is 25.1. The van der Waals surface area contributed by atoms with Crippen LogP contribution in [0.2, 0.25) is 0 Å². The fourth-order valence-corrected chi connectivity index (χ4v) is 2.44. The Balaban J connectivity index is 2.02. The van der Waals surface area contributed by atoms with E-state index in [0.29, 0.717) is 24.6 Å². The molecule has 0 aromatic rings. The van der Waals surface area contributed by atoms with Crippen molar-refractivity contribution in [1.29, 1.82) is 0 Å². The van der Waals surface area contributed by atoms with Crippen molar-refractivity contribution in [3.05, 3.63) is 0 Å². The Hall–Kier alpha value is -0.120. The number of ether oxygens (including phenoxy) is 1. The quantitative estimate of drug-likeness (QED) is 0.643. The van der Waals surface area contributed by atoms with Crippen molar-refractivity contribution in [2.45, 2.75) is 65.0 Å². The first-order chi connectivity index (χ1) is 8.03. The van der Waals surface area contributed by atoms with E-state index in [9.17, 15) is 5.11 Å². The van der Waals surface area contributed by atoms with Crippen molar-refractivity contribution in [2.75, 3.05) is 19.8 Å². The van der Waals surface area contributed by atoms with Crippen LogP contribution in [0.4, 0.5) is 0 Å². The number of rotatable bonds is 8. The largest absolute Gasteiger partial charge is 0.389 e. The predicted octanol–water partition coefficient (Wildman–Crippen LogP) is 2.33. The molecule has 0 radical (unpaired) electrons. The summed E-state index contributed by atoms with van der Waals surface area (Å²) in [6, 6.07) is 0.579. The van der Waals surface area contributed by atoms with Gasteiger partial charge in [0.1, 0.15) is 0 Å². The van der Waals surface area contributed by atoms with Gasteiger partial charge in [0.25, 0.3) is 0 Å². The molecule has 102 valence electrons. The molecule has 0 aliphatic heterocycles. The Kier molecular flexibility index (Phi) is 6.45. The van der Waals surface area contributed by atoms with Crippen LogP contribution < -0.4 is 5.32 Å². The van der Waals surface area contributed by atoms with Gasteiger partial charge < -0.3 is 15.2 Å². The Bertz CT molecular complexity index is 206. The minimum Gasteiger partial charge on any atom is -0.389 e. The summed E-state index contributed by atoms with van der Waals surface area (Å²) in [5.74, 6) is 0. The van der Waals surface area contributed by atoms with Crippen molar-refractivity contribution in [2.24, 2.45) is 5.41 Å². The van der Waals surface area contributed by atoms with E-state index in [-0.39, 0.29) is 6.10 Å². The summed E-state index contributed by atoms with van der Waals surface area (Å²) in [6.45, 7) is 8.67. The van der Waals surface area contributed by atoms with Crippen LogP contribution in [0.3, 0.4) is 0 Å². The standard InChI is InChI=1S/C14H29NO2/c1-4-5-8-17-11-13(16)10-15-12-6-7-14(2,3)9-12/h12-13,15-16H,4-11H2,1-3H3. The fourth-order valence-electron chi connectivity index (χ4n) is 2.44. The molecule has 1 saturated carbocycles. The molecule has 0 saturated heterocycles. The maximum absolute atomic E-state index is 9.75. The number of hydrogen-bond acceptors (Lipinski definition) is 3. The van der Waals surface area contributed by atoms with Gasteiger partial charge in [-0.2, -0.15) is 0 Å². The van der Waals surface area contributed by atoms with Gasteiger partial charge in [-0.3, -0.25) is 0 Å². The minimum atomic E-state index is -0.365. The van der Waals surface area contributed by atoms with Crippen LogP contribution in [0, 0.1) is 5.41 Å². The molecule has 0 aromatic heterocycles. The summed E-state index contributed by atoms with van der Waals surface area (Å²) in [4.78, 5) is 0. The van der Waals surface area contributed by atoms with E-state index in [0.717, 1.165) is 19.4 Å². The third-order valence-electron chi connectivity index (χ3n) is 3.56. The Morgan fingerprint density at radius 1 is 1.47 bits per heavy atom. The van der Waals surface area contributed by atoms with Crippen LogP contribution in [-0.4, -0.2) is 37.0 Å². The van der Waals surface area contributed by atoms with Gasteiger partial charge in [0, 0.05) is 19.2 Å². The molecule has 0 bridgehead atoms. The second-order valence-electron chi connectivity index (χ2n) is 6.09. The number of aliphatic hydroxyl groups excluding tert-OH is 1. The average Bonchev–Trinajstić information content (AvgIpc) is 2.62. The summed E-state index contributed by atoms with van der Waals surface area (Å²) in [6.07, 6.45) is 5.60. The van der Waals surface area contributed by atoms with Gasteiger partial charge in [0.15, 0.2) is 0 Å². The topological polar surface area (TPSA) is 41.5 Å². The van der Waals surface area contributed by atoms with Crippen LogP contribution in [0.15, 0.2) is 0 Å². The first kappa shape index (κ1) is 14.9. The molecule has 0 heterocycles. The molecule has 2 N–H and O–H groups in total. The van der Waals surface area contributed by atoms with Crippen LogP contribution in [0.5, 0.6) is 0 Å². The molecule has 3 nitrogen and oxygen atoms in total. The van der Waals surface area contributed by atoms with Crippen molar-refractivity contribution in [3.8, 4) is 0 Å². The van der Waals surface area contributed by atoms with Crippen molar-refractivity contribution in [3.63, 3.8) is 0 Å². The van der Waals surface area contributed by atoms with E-state index in [1.807, 2.05) is 0 Å². The zero-order valence-corrected chi connectivity index (χ0v) is 11.7. The van der Waals surface area contributed by atoms with Gasteiger partial charge in [-0.05, 0) is 31.1 Å². The first-order valence-corrected chi connectivity index (χ1v) is 7.02. The van der Waals surface area contributed by atoms with Gasteiger partial charge >= 0.3 is 0 Å². The van der Waals surface area contributed by atoms with E-state index >= 15 is 0 Å². The lowest BCUT2D eigenvalue weighted by Gasteiger charge is -2.19. The molecule has 2 atom stereocenters. The molecule has 0 aromatic carbocycles. The summed E-state index contributed by atoms with van der Waals surface area (Å²) in [7, 11) is 0. The third kappa shape index (κ3) is 6.39. The predicted molar refractivity (Wildman–Crippen MR) is 71.2 cm³/mol. The second kappa shape index (κ2) is 7.34. The van der Waals surface area contributed by atoms with E-state index < -0.39 is 0 Å². The Labute approximate surface area is 106 Å².